The first-order valence-electron chi connectivity index (χ1n) is 17.3. The minimum absolute atomic E-state index is 0.0511. The Kier molecular flexibility index (Phi) is 3.29. The average molecular weight is 533 g/mol. The van der Waals surface area contributed by atoms with Crippen LogP contribution in [-0.4, -0.2) is 9.13 Å². The zero-order valence-electron chi connectivity index (χ0n) is 29.5. The van der Waals surface area contributed by atoms with Crippen LogP contribution < -0.4 is 0 Å². The molecule has 3 heteroatoms. The lowest BCUT2D eigenvalue weighted by Crippen LogP contribution is -1.93. The molecule has 41 heavy (non-hydrogen) atoms. The van der Waals surface area contributed by atoms with Crippen molar-refractivity contribution in [3.63, 3.8) is 0 Å². The van der Waals surface area contributed by atoms with Gasteiger partial charge in [0, 0.05) is 38.5 Å². The third-order valence-electron chi connectivity index (χ3n) is 7.80. The average Bonchev–Trinajstić information content (AvgIpc) is 3.79. The lowest BCUT2D eigenvalue weighted by molar-refractivity contribution is 0.646. The number of hydrogen-bond donors (Lipinski definition) is 0. The molecule has 0 saturated carbocycles. The predicted octanol–water partition coefficient (Wildman–Crippen LogP) is 10.3. The summed E-state index contributed by atoms with van der Waals surface area (Å²) in [5, 5.41) is 3.16. The summed E-state index contributed by atoms with van der Waals surface area (Å²) in [6.45, 7) is 0. The third kappa shape index (κ3) is 3.14. The zero-order chi connectivity index (χ0) is 33.9. The van der Waals surface area contributed by atoms with Crippen molar-refractivity contribution in [1.29, 1.82) is 0 Å². The van der Waals surface area contributed by atoms with Crippen molar-refractivity contribution < 1.29 is 15.4 Å². The third-order valence-corrected chi connectivity index (χ3v) is 7.80. The van der Waals surface area contributed by atoms with Gasteiger partial charge in [-0.3, -0.25) is 4.57 Å². The highest BCUT2D eigenvalue weighted by atomic mass is 16.3. The molecule has 6 aromatic carbocycles. The zero-order valence-corrected chi connectivity index (χ0v) is 21.5. The molecule has 9 aromatic rings. The van der Waals surface area contributed by atoms with Crippen LogP contribution in [0.3, 0.4) is 0 Å². The van der Waals surface area contributed by atoms with E-state index in [1.54, 1.807) is 12.1 Å². The fraction of sp³-hybridized carbons (Fsp3) is 0. The van der Waals surface area contributed by atoms with Crippen molar-refractivity contribution in [1.82, 2.24) is 9.13 Å². The van der Waals surface area contributed by atoms with Gasteiger partial charge in [-0.2, -0.15) is 0 Å². The topological polar surface area (TPSA) is 23.0 Å². The summed E-state index contributed by atoms with van der Waals surface area (Å²) in [7, 11) is 0. The van der Waals surface area contributed by atoms with E-state index in [0.29, 0.717) is 5.69 Å². The van der Waals surface area contributed by atoms with Crippen molar-refractivity contribution in [2.45, 2.75) is 0 Å². The van der Waals surface area contributed by atoms with Gasteiger partial charge in [0.05, 0.1) is 32.9 Å². The number of aromatic nitrogens is 2. The van der Waals surface area contributed by atoms with Gasteiger partial charge in [-0.15, -0.1) is 0 Å². The van der Waals surface area contributed by atoms with Crippen molar-refractivity contribution >= 4 is 54.8 Å². The van der Waals surface area contributed by atoms with Gasteiger partial charge in [-0.1, -0.05) is 103 Å². The minimum atomic E-state index is -0.466. The van der Waals surface area contributed by atoms with Crippen molar-refractivity contribution in [3.05, 3.63) is 145 Å². The van der Waals surface area contributed by atoms with E-state index in [9.17, 15) is 0 Å². The van der Waals surface area contributed by atoms with E-state index in [0.717, 1.165) is 49.8 Å². The van der Waals surface area contributed by atoms with Crippen LogP contribution in [0.5, 0.6) is 0 Å². The van der Waals surface area contributed by atoms with Gasteiger partial charge < -0.3 is 8.98 Å². The summed E-state index contributed by atoms with van der Waals surface area (Å²) in [6, 6.07) is 28.5. The van der Waals surface area contributed by atoms with Gasteiger partial charge in [0.1, 0.15) is 5.58 Å². The summed E-state index contributed by atoms with van der Waals surface area (Å²) in [5.74, 6) is 0. The number of rotatable bonds is 3. The first kappa shape index (κ1) is 15.9. The maximum atomic E-state index is 8.80. The molecule has 0 bridgehead atoms. The van der Waals surface area contributed by atoms with Crippen LogP contribution in [0.25, 0.3) is 77.3 Å². The van der Waals surface area contributed by atoms with Crippen molar-refractivity contribution in [3.8, 4) is 22.5 Å². The van der Waals surface area contributed by atoms with Gasteiger partial charge in [0.25, 0.3) is 0 Å². The molecule has 0 unspecified atom stereocenters. The highest BCUT2D eigenvalue weighted by Gasteiger charge is 2.21. The molecule has 3 heterocycles. The second-order valence-electron chi connectivity index (χ2n) is 9.98. The van der Waals surface area contributed by atoms with E-state index in [1.165, 1.54) is 4.57 Å². The molecular formula is C38H24N2O. The Morgan fingerprint density at radius 2 is 1.12 bits per heavy atom. The van der Waals surface area contributed by atoms with Gasteiger partial charge >= 0.3 is 0 Å². The Morgan fingerprint density at radius 3 is 1.88 bits per heavy atom. The number of para-hydroxylation sites is 5. The maximum Gasteiger partial charge on any atom is 0.213 e. The standard InChI is InChI=1S/C38H24N2O/c1-2-11-26(12-3-1)40-35-20-9-6-15-31(35)36-32-17-10-16-28(37(32)41-38(36)40)25-21-23-27(24-22-25)39-33-18-7-4-13-29(33)30-14-5-8-19-34(30)39/h1-24H/i4D,5D,7D,8D,13D,14D,18D,19D. The summed E-state index contributed by atoms with van der Waals surface area (Å²) in [5.41, 5.74) is 5.84. The lowest BCUT2D eigenvalue weighted by atomic mass is 10.0. The molecule has 0 atom stereocenters. The molecule has 3 nitrogen and oxygen atoms in total. The molecule has 9 rings (SSSR count). The molecule has 0 aliphatic carbocycles. The van der Waals surface area contributed by atoms with E-state index < -0.39 is 24.2 Å². The number of benzene rings is 6. The Morgan fingerprint density at radius 1 is 0.488 bits per heavy atom. The number of nitrogens with zero attached hydrogens (tertiary/aromatic N) is 2. The fourth-order valence-corrected chi connectivity index (χ4v) is 6.04. The monoisotopic (exact) mass is 532 g/mol. The normalized spacial score (nSPS) is 14.6. The number of fused-ring (bicyclic) bond motifs is 8. The van der Waals surface area contributed by atoms with Gasteiger partial charge in [0.2, 0.25) is 5.71 Å². The second-order valence-corrected chi connectivity index (χ2v) is 9.98. The van der Waals surface area contributed by atoms with Crippen LogP contribution in [0, 0.1) is 0 Å². The molecule has 3 aromatic heterocycles. The van der Waals surface area contributed by atoms with Crippen molar-refractivity contribution in [2.75, 3.05) is 0 Å². The van der Waals surface area contributed by atoms with Gasteiger partial charge in [0.15, 0.2) is 0 Å². The quantitative estimate of drug-likeness (QED) is 0.222. The fourth-order valence-electron chi connectivity index (χ4n) is 6.04. The minimum Gasteiger partial charge on any atom is -0.438 e. The number of hydrogen-bond acceptors (Lipinski definition) is 1. The molecule has 0 spiro atoms. The Labute approximate surface area is 247 Å². The molecule has 0 aliphatic heterocycles. The first-order chi connectivity index (χ1) is 23.7. The van der Waals surface area contributed by atoms with Crippen LogP contribution in [0.4, 0.5) is 0 Å². The SMILES string of the molecule is [2H]c1c([2H])c([2H])c2c(c1[2H])c1c([2H])c([2H])c([2H])c([2H])c1n2-c1ccc(-c2cccc3c2oc2c3c3ccccc3n2-c2ccccc2)cc1. The van der Waals surface area contributed by atoms with E-state index in [1.807, 2.05) is 66.7 Å². The van der Waals surface area contributed by atoms with E-state index in [-0.39, 0.29) is 46.0 Å². The Bertz CT molecular complexity index is 2770. The Balaban J connectivity index is 1.29. The predicted molar refractivity (Wildman–Crippen MR) is 170 cm³/mol. The maximum absolute atomic E-state index is 8.80. The molecule has 192 valence electrons. The molecule has 0 amide bonds. The van der Waals surface area contributed by atoms with Gasteiger partial charge in [-0.05, 0) is 48.0 Å². The molecular weight excluding hydrogens is 500 g/mol. The molecule has 0 aliphatic rings. The van der Waals surface area contributed by atoms with E-state index >= 15 is 0 Å². The largest absolute Gasteiger partial charge is 0.438 e. The van der Waals surface area contributed by atoms with E-state index in [4.69, 9.17) is 15.4 Å². The van der Waals surface area contributed by atoms with Crippen molar-refractivity contribution in [2.24, 2.45) is 0 Å². The van der Waals surface area contributed by atoms with Crippen LogP contribution in [-0.2, 0) is 0 Å². The second kappa shape index (κ2) is 8.48. The van der Waals surface area contributed by atoms with Crippen LogP contribution >= 0.6 is 0 Å². The molecule has 0 radical (unpaired) electrons. The summed E-state index contributed by atoms with van der Waals surface area (Å²) in [4.78, 5) is 0. The van der Waals surface area contributed by atoms with E-state index in [2.05, 4.69) is 22.8 Å². The lowest BCUT2D eigenvalue weighted by Gasteiger charge is -2.10. The highest BCUT2D eigenvalue weighted by molar-refractivity contribution is 6.21. The summed E-state index contributed by atoms with van der Waals surface area (Å²) < 4.78 is 78.7. The summed E-state index contributed by atoms with van der Waals surface area (Å²) >= 11 is 0. The van der Waals surface area contributed by atoms with Crippen LogP contribution in [0.15, 0.2) is 150 Å². The van der Waals surface area contributed by atoms with Gasteiger partial charge in [-0.25, -0.2) is 0 Å². The summed E-state index contributed by atoms with van der Waals surface area (Å²) in [6.07, 6.45) is 0. The molecule has 0 N–H and O–H groups in total. The van der Waals surface area contributed by atoms with Crippen LogP contribution in [0.2, 0.25) is 0 Å². The number of furan rings is 1. The molecule has 0 saturated heterocycles. The first-order valence-corrected chi connectivity index (χ1v) is 13.3. The van der Waals surface area contributed by atoms with Crippen LogP contribution in [0.1, 0.15) is 11.0 Å². The highest BCUT2D eigenvalue weighted by Crippen LogP contribution is 2.42. The molecule has 0 fully saturated rings. The smallest absolute Gasteiger partial charge is 0.213 e. The Hall–Kier alpha value is -5.54.